The Morgan fingerprint density at radius 1 is 1.32 bits per heavy atom. The minimum atomic E-state index is 0. The number of hydrogen-bond donors (Lipinski definition) is 2. The Morgan fingerprint density at radius 3 is 3.00 bits per heavy atom. The zero-order valence-electron chi connectivity index (χ0n) is 12.9. The highest BCUT2D eigenvalue weighted by atomic mass is 35.5. The third-order valence-electron chi connectivity index (χ3n) is 4.75. The molecule has 22 heavy (non-hydrogen) atoms. The van der Waals surface area contributed by atoms with E-state index in [2.05, 4.69) is 22.8 Å². The topological polar surface area (TPSA) is 33.3 Å². The van der Waals surface area contributed by atoms with Crippen LogP contribution in [-0.2, 0) is 11.2 Å². The second kappa shape index (κ2) is 9.09. The molecular weight excluding hydrogens is 319 g/mol. The Kier molecular flexibility index (Phi) is 7.45. The molecule has 0 aromatic heterocycles. The first-order chi connectivity index (χ1) is 10.3. The summed E-state index contributed by atoms with van der Waals surface area (Å²) in [7, 11) is 0. The number of hydrogen-bond acceptors (Lipinski definition) is 3. The van der Waals surface area contributed by atoms with Crippen molar-refractivity contribution in [1.82, 2.24) is 10.6 Å². The lowest BCUT2D eigenvalue weighted by Gasteiger charge is -2.33. The molecule has 1 aliphatic heterocycles. The minimum Gasteiger partial charge on any atom is -0.379 e. The van der Waals surface area contributed by atoms with Crippen LogP contribution in [0.15, 0.2) is 24.3 Å². The fourth-order valence-electron chi connectivity index (χ4n) is 3.68. The van der Waals surface area contributed by atoms with Crippen molar-refractivity contribution in [2.24, 2.45) is 5.92 Å². The van der Waals surface area contributed by atoms with Crippen molar-refractivity contribution in [3.05, 3.63) is 34.9 Å². The van der Waals surface area contributed by atoms with Crippen LogP contribution in [0.2, 0.25) is 5.02 Å². The quantitative estimate of drug-likeness (QED) is 0.861. The first-order valence-electron chi connectivity index (χ1n) is 8.12. The maximum Gasteiger partial charge on any atom is 0.0623 e. The molecule has 2 aliphatic rings. The van der Waals surface area contributed by atoms with Crippen molar-refractivity contribution in [3.63, 3.8) is 0 Å². The molecule has 1 saturated carbocycles. The van der Waals surface area contributed by atoms with Crippen molar-refractivity contribution in [3.8, 4) is 0 Å². The molecule has 3 unspecified atom stereocenters. The molecule has 1 saturated heterocycles. The first-order valence-corrected chi connectivity index (χ1v) is 8.50. The van der Waals surface area contributed by atoms with Crippen LogP contribution < -0.4 is 10.6 Å². The number of nitrogens with one attached hydrogen (secondary N) is 2. The summed E-state index contributed by atoms with van der Waals surface area (Å²) in [5, 5.41) is 8.21. The van der Waals surface area contributed by atoms with E-state index in [4.69, 9.17) is 16.3 Å². The lowest BCUT2D eigenvalue weighted by Crippen LogP contribution is -2.51. The Labute approximate surface area is 144 Å². The predicted molar refractivity (Wildman–Crippen MR) is 94.1 cm³/mol. The van der Waals surface area contributed by atoms with E-state index in [9.17, 15) is 0 Å². The molecule has 0 spiro atoms. The Balaban J connectivity index is 0.00000176. The predicted octanol–water partition coefficient (Wildman–Crippen LogP) is 3.05. The highest BCUT2D eigenvalue weighted by Crippen LogP contribution is 2.29. The van der Waals surface area contributed by atoms with Crippen molar-refractivity contribution in [2.45, 2.75) is 37.8 Å². The van der Waals surface area contributed by atoms with Gasteiger partial charge in [0.15, 0.2) is 0 Å². The maximum atomic E-state index is 6.03. The lowest BCUT2D eigenvalue weighted by molar-refractivity contribution is 0.0526. The van der Waals surface area contributed by atoms with Gasteiger partial charge in [0, 0.05) is 23.7 Å². The van der Waals surface area contributed by atoms with Crippen LogP contribution in [0.1, 0.15) is 24.8 Å². The second-order valence-electron chi connectivity index (χ2n) is 6.17. The number of halogens is 2. The third kappa shape index (κ3) is 4.84. The highest BCUT2D eigenvalue weighted by molar-refractivity contribution is 6.30. The van der Waals surface area contributed by atoms with Crippen molar-refractivity contribution in [1.29, 1.82) is 0 Å². The van der Waals surface area contributed by atoms with Gasteiger partial charge < -0.3 is 15.4 Å². The summed E-state index contributed by atoms with van der Waals surface area (Å²) in [6, 6.07) is 9.33. The van der Waals surface area contributed by atoms with Gasteiger partial charge in [0.05, 0.1) is 13.2 Å². The van der Waals surface area contributed by atoms with Crippen molar-refractivity contribution in [2.75, 3.05) is 26.3 Å². The molecule has 3 nitrogen and oxygen atoms in total. The monoisotopic (exact) mass is 344 g/mol. The molecule has 2 fully saturated rings. The summed E-state index contributed by atoms with van der Waals surface area (Å²) in [6.07, 6.45) is 4.98. The summed E-state index contributed by atoms with van der Waals surface area (Å²) in [4.78, 5) is 0. The van der Waals surface area contributed by atoms with Crippen molar-refractivity contribution < 1.29 is 4.74 Å². The van der Waals surface area contributed by atoms with E-state index in [0.29, 0.717) is 18.0 Å². The van der Waals surface area contributed by atoms with E-state index in [0.717, 1.165) is 37.7 Å². The van der Waals surface area contributed by atoms with E-state index in [1.807, 2.05) is 12.1 Å². The first kappa shape index (κ1) is 18.0. The Hall–Kier alpha value is -0.320. The number of morpholine rings is 1. The molecule has 3 rings (SSSR count). The molecule has 5 heteroatoms. The SMILES string of the molecule is Cl.Clc1cccc(CCNC2CCCC2C2COCCN2)c1. The van der Waals surface area contributed by atoms with Gasteiger partial charge in [0.1, 0.15) is 0 Å². The molecule has 0 radical (unpaired) electrons. The van der Waals surface area contributed by atoms with Crippen LogP contribution in [0.25, 0.3) is 0 Å². The van der Waals surface area contributed by atoms with Gasteiger partial charge in [-0.3, -0.25) is 0 Å². The van der Waals surface area contributed by atoms with Crippen LogP contribution in [0.5, 0.6) is 0 Å². The minimum absolute atomic E-state index is 0. The van der Waals surface area contributed by atoms with Gasteiger partial charge in [0.25, 0.3) is 0 Å². The molecule has 0 bridgehead atoms. The van der Waals surface area contributed by atoms with E-state index in [-0.39, 0.29) is 12.4 Å². The van der Waals surface area contributed by atoms with Crippen molar-refractivity contribution >= 4 is 24.0 Å². The van der Waals surface area contributed by atoms with E-state index in [1.165, 1.54) is 24.8 Å². The molecule has 3 atom stereocenters. The highest BCUT2D eigenvalue weighted by Gasteiger charge is 2.34. The molecule has 1 aliphatic carbocycles. The fraction of sp³-hybridized carbons (Fsp3) is 0.647. The smallest absolute Gasteiger partial charge is 0.0623 e. The molecule has 1 aromatic rings. The average Bonchev–Trinajstić information content (AvgIpc) is 2.97. The van der Waals surface area contributed by atoms with E-state index < -0.39 is 0 Å². The second-order valence-corrected chi connectivity index (χ2v) is 6.61. The van der Waals surface area contributed by atoms with Crippen LogP contribution in [0.4, 0.5) is 0 Å². The summed E-state index contributed by atoms with van der Waals surface area (Å²) < 4.78 is 5.62. The zero-order chi connectivity index (χ0) is 14.5. The van der Waals surface area contributed by atoms with E-state index >= 15 is 0 Å². The summed E-state index contributed by atoms with van der Waals surface area (Å²) in [6.45, 7) is 3.75. The van der Waals surface area contributed by atoms with Crippen LogP contribution in [0, 0.1) is 5.92 Å². The van der Waals surface area contributed by atoms with Crippen LogP contribution in [-0.4, -0.2) is 38.4 Å². The lowest BCUT2D eigenvalue weighted by atomic mass is 9.94. The van der Waals surface area contributed by atoms with Crippen LogP contribution >= 0.6 is 24.0 Å². The fourth-order valence-corrected chi connectivity index (χ4v) is 3.89. The maximum absolute atomic E-state index is 6.03. The van der Waals surface area contributed by atoms with E-state index in [1.54, 1.807) is 0 Å². The molecule has 1 aromatic carbocycles. The molecule has 0 amide bonds. The average molecular weight is 345 g/mol. The van der Waals surface area contributed by atoms with Gasteiger partial charge in [-0.2, -0.15) is 0 Å². The van der Waals surface area contributed by atoms with Gasteiger partial charge in [-0.1, -0.05) is 30.2 Å². The molecular formula is C17H26Cl2N2O. The standard InChI is InChI=1S/C17H25ClN2O.ClH/c18-14-4-1-3-13(11-14)7-8-19-16-6-2-5-15(16)17-12-21-10-9-20-17;/h1,3-4,11,15-17,19-20H,2,5-10,12H2;1H. The number of benzene rings is 1. The van der Waals surface area contributed by atoms with Gasteiger partial charge in [-0.15, -0.1) is 12.4 Å². The largest absolute Gasteiger partial charge is 0.379 e. The van der Waals surface area contributed by atoms with Gasteiger partial charge in [0.2, 0.25) is 0 Å². The van der Waals surface area contributed by atoms with Gasteiger partial charge >= 0.3 is 0 Å². The van der Waals surface area contributed by atoms with Gasteiger partial charge in [-0.25, -0.2) is 0 Å². The molecule has 1 heterocycles. The number of ether oxygens (including phenoxy) is 1. The Morgan fingerprint density at radius 2 is 2.23 bits per heavy atom. The summed E-state index contributed by atoms with van der Waals surface area (Å²) in [5.41, 5.74) is 1.31. The Bertz CT molecular complexity index is 452. The molecule has 124 valence electrons. The van der Waals surface area contributed by atoms with Crippen LogP contribution in [0.3, 0.4) is 0 Å². The van der Waals surface area contributed by atoms with Gasteiger partial charge in [-0.05, 0) is 49.4 Å². The summed E-state index contributed by atoms with van der Waals surface area (Å²) in [5.74, 6) is 0.713. The normalized spacial score (nSPS) is 28.3. The third-order valence-corrected chi connectivity index (χ3v) is 4.98. The molecule has 2 N–H and O–H groups in total. The summed E-state index contributed by atoms with van der Waals surface area (Å²) >= 11 is 6.03. The zero-order valence-corrected chi connectivity index (χ0v) is 14.5. The number of rotatable bonds is 5.